The van der Waals surface area contributed by atoms with Crippen LogP contribution in [0.25, 0.3) is 15.9 Å². The summed E-state index contributed by atoms with van der Waals surface area (Å²) in [5.74, 6) is 0.684. The zero-order chi connectivity index (χ0) is 17.1. The Morgan fingerprint density at radius 2 is 2.00 bits per heavy atom. The quantitative estimate of drug-likeness (QED) is 0.732. The Hall–Kier alpha value is -2.98. The summed E-state index contributed by atoms with van der Waals surface area (Å²) in [5, 5.41) is 8.46. The van der Waals surface area contributed by atoms with Crippen molar-refractivity contribution in [3.8, 4) is 0 Å². The van der Waals surface area contributed by atoms with Gasteiger partial charge in [0.25, 0.3) is 0 Å². The van der Waals surface area contributed by atoms with E-state index in [0.29, 0.717) is 18.0 Å². The van der Waals surface area contributed by atoms with Crippen LogP contribution in [-0.2, 0) is 0 Å². The topological polar surface area (TPSA) is 63.2 Å². The van der Waals surface area contributed by atoms with Crippen molar-refractivity contribution < 1.29 is 0 Å². The fourth-order valence-corrected chi connectivity index (χ4v) is 2.45. The van der Waals surface area contributed by atoms with E-state index in [9.17, 15) is 0 Å². The van der Waals surface area contributed by atoms with Crippen LogP contribution in [0.3, 0.4) is 0 Å². The molecule has 2 aromatic heterocycles. The maximum atomic E-state index is 7.44. The van der Waals surface area contributed by atoms with Crippen molar-refractivity contribution >= 4 is 22.5 Å². The van der Waals surface area contributed by atoms with Crippen LogP contribution in [0.15, 0.2) is 36.8 Å². The van der Waals surface area contributed by atoms with E-state index in [1.807, 2.05) is 50.2 Å². The van der Waals surface area contributed by atoms with E-state index in [-0.39, 0.29) is 0 Å². The van der Waals surface area contributed by atoms with Gasteiger partial charge in [-0.05, 0) is 33.2 Å². The minimum atomic E-state index is -0.417. The first-order valence-corrected chi connectivity index (χ1v) is 7.61. The summed E-state index contributed by atoms with van der Waals surface area (Å²) in [5.41, 5.74) is 2.80. The molecule has 0 aliphatic carbocycles. The van der Waals surface area contributed by atoms with Crippen molar-refractivity contribution in [1.29, 1.82) is 0 Å². The number of fused-ring (bicyclic) bond motifs is 1. The molecule has 1 unspecified atom stereocenters. The van der Waals surface area contributed by atoms with Gasteiger partial charge in [-0.15, -0.1) is 0 Å². The number of benzene rings is 1. The summed E-state index contributed by atoms with van der Waals surface area (Å²) >= 11 is 0. The third-order valence-electron chi connectivity index (χ3n) is 3.67. The van der Waals surface area contributed by atoms with Crippen LogP contribution in [0, 0.1) is 13.5 Å². The highest BCUT2D eigenvalue weighted by Crippen LogP contribution is 2.25. The smallest absolute Gasteiger partial charge is 0.330 e. The fourth-order valence-electron chi connectivity index (χ4n) is 2.45. The monoisotopic (exact) mass is 321 g/mol. The first kappa shape index (κ1) is 15.9. The van der Waals surface area contributed by atoms with Crippen molar-refractivity contribution in [2.45, 2.75) is 13.1 Å². The predicted molar refractivity (Wildman–Crippen MR) is 94.0 cm³/mol. The van der Waals surface area contributed by atoms with Crippen molar-refractivity contribution in [2.75, 3.05) is 26.0 Å². The number of nitrogens with zero attached hydrogens (tertiary/aromatic N) is 6. The molecule has 0 spiro atoms. The van der Waals surface area contributed by atoms with Crippen LogP contribution in [0.2, 0.25) is 0 Å². The Morgan fingerprint density at radius 3 is 2.67 bits per heavy atom. The average molecular weight is 321 g/mol. The number of aromatic nitrogens is 4. The second-order valence-electron chi connectivity index (χ2n) is 5.91. The maximum absolute atomic E-state index is 7.44. The fraction of sp³-hybridized carbons (Fsp3) is 0.294. The molecule has 24 heavy (non-hydrogen) atoms. The highest BCUT2D eigenvalue weighted by molar-refractivity contribution is 5.88. The van der Waals surface area contributed by atoms with Crippen LogP contribution in [-0.4, -0.2) is 45.3 Å². The summed E-state index contributed by atoms with van der Waals surface area (Å²) in [6, 6.07) is 8.08. The Balaban J connectivity index is 1.97. The van der Waals surface area contributed by atoms with E-state index in [1.165, 1.54) is 11.9 Å². The SMILES string of the molecule is [C-]#[N+]C(CN(C)C)n1ncc2c(Nc3ccc(C)cc3)ncnc21. The molecular weight excluding hydrogens is 302 g/mol. The first-order valence-electron chi connectivity index (χ1n) is 7.61. The van der Waals surface area contributed by atoms with Crippen LogP contribution in [0.1, 0.15) is 11.7 Å². The molecule has 7 nitrogen and oxygen atoms in total. The predicted octanol–water partition coefficient (Wildman–Crippen LogP) is 2.86. The minimum Gasteiger partial charge on any atom is -0.340 e. The molecule has 3 aromatic rings. The molecule has 122 valence electrons. The Morgan fingerprint density at radius 1 is 1.25 bits per heavy atom. The van der Waals surface area contributed by atoms with Gasteiger partial charge in [-0.3, -0.25) is 4.85 Å². The van der Waals surface area contributed by atoms with Crippen LogP contribution < -0.4 is 5.32 Å². The van der Waals surface area contributed by atoms with Gasteiger partial charge in [0.2, 0.25) is 0 Å². The summed E-state index contributed by atoms with van der Waals surface area (Å²) in [6.45, 7) is 10.1. The van der Waals surface area contributed by atoms with E-state index >= 15 is 0 Å². The van der Waals surface area contributed by atoms with E-state index in [0.717, 1.165) is 11.1 Å². The Bertz CT molecular complexity index is 874. The number of nitrogens with one attached hydrogen (secondary N) is 1. The van der Waals surface area contributed by atoms with Crippen LogP contribution in [0.5, 0.6) is 0 Å². The van der Waals surface area contributed by atoms with Crippen molar-refractivity contribution in [3.63, 3.8) is 0 Å². The lowest BCUT2D eigenvalue weighted by Gasteiger charge is -2.12. The van der Waals surface area contributed by atoms with Crippen LogP contribution >= 0.6 is 0 Å². The number of hydrogen-bond acceptors (Lipinski definition) is 5. The average Bonchev–Trinajstić information content (AvgIpc) is 2.99. The first-order chi connectivity index (χ1) is 11.6. The van der Waals surface area contributed by atoms with Gasteiger partial charge in [-0.1, -0.05) is 17.7 Å². The summed E-state index contributed by atoms with van der Waals surface area (Å²) in [7, 11) is 3.87. The highest BCUT2D eigenvalue weighted by atomic mass is 15.4. The Labute approximate surface area is 140 Å². The number of anilines is 2. The second-order valence-corrected chi connectivity index (χ2v) is 5.91. The summed E-state index contributed by atoms with van der Waals surface area (Å²) in [4.78, 5) is 14.3. The molecule has 1 N–H and O–H groups in total. The molecule has 0 aliphatic rings. The van der Waals surface area contributed by atoms with Gasteiger partial charge in [0.1, 0.15) is 12.1 Å². The van der Waals surface area contributed by atoms with E-state index in [1.54, 1.807) is 10.9 Å². The van der Waals surface area contributed by atoms with Gasteiger partial charge in [-0.2, -0.15) is 9.78 Å². The number of likely N-dealkylation sites (N-methyl/N-ethyl adjacent to an activating group) is 1. The number of aryl methyl sites for hydroxylation is 1. The van der Waals surface area contributed by atoms with Gasteiger partial charge >= 0.3 is 6.17 Å². The lowest BCUT2D eigenvalue weighted by atomic mass is 10.2. The molecule has 0 saturated heterocycles. The standard InChI is InChI=1S/C17H19N7/c1-12-5-7-13(8-6-12)22-16-14-9-21-24(17(14)20-11-19-16)15(18-2)10-23(3)4/h5-9,11,15H,10H2,1,3-4H3,(H,19,20,22). The van der Waals surface area contributed by atoms with Gasteiger partial charge in [0.15, 0.2) is 5.65 Å². The zero-order valence-corrected chi connectivity index (χ0v) is 13.9. The zero-order valence-electron chi connectivity index (χ0n) is 13.9. The van der Waals surface area contributed by atoms with E-state index in [2.05, 4.69) is 25.2 Å². The lowest BCUT2D eigenvalue weighted by molar-refractivity contribution is 0.344. The highest BCUT2D eigenvalue weighted by Gasteiger charge is 2.21. The minimum absolute atomic E-state index is 0.417. The molecule has 0 bridgehead atoms. The molecule has 0 saturated carbocycles. The van der Waals surface area contributed by atoms with Gasteiger partial charge in [-0.25, -0.2) is 16.5 Å². The van der Waals surface area contributed by atoms with Gasteiger partial charge in [0, 0.05) is 5.69 Å². The molecule has 7 heteroatoms. The normalized spacial score (nSPS) is 12.3. The third-order valence-corrected chi connectivity index (χ3v) is 3.67. The lowest BCUT2D eigenvalue weighted by Crippen LogP contribution is -2.23. The van der Waals surface area contributed by atoms with Crippen LogP contribution in [0.4, 0.5) is 11.5 Å². The summed E-state index contributed by atoms with van der Waals surface area (Å²) < 4.78 is 1.66. The summed E-state index contributed by atoms with van der Waals surface area (Å²) in [6.07, 6.45) is 2.78. The Kier molecular flexibility index (Phi) is 4.40. The molecule has 0 fully saturated rings. The number of rotatable bonds is 5. The van der Waals surface area contributed by atoms with Crippen molar-refractivity contribution in [2.24, 2.45) is 0 Å². The number of hydrogen-bond donors (Lipinski definition) is 1. The van der Waals surface area contributed by atoms with E-state index < -0.39 is 6.17 Å². The second kappa shape index (κ2) is 6.64. The van der Waals surface area contributed by atoms with Gasteiger partial charge < -0.3 is 10.2 Å². The molecule has 0 radical (unpaired) electrons. The molecule has 0 aliphatic heterocycles. The van der Waals surface area contributed by atoms with E-state index in [4.69, 9.17) is 6.57 Å². The molecular formula is C17H19N7. The molecule has 1 atom stereocenters. The van der Waals surface area contributed by atoms with Crippen molar-refractivity contribution in [1.82, 2.24) is 24.6 Å². The largest absolute Gasteiger partial charge is 0.340 e. The van der Waals surface area contributed by atoms with Crippen molar-refractivity contribution in [3.05, 3.63) is 53.8 Å². The maximum Gasteiger partial charge on any atom is 0.330 e. The molecule has 0 amide bonds. The van der Waals surface area contributed by atoms with Gasteiger partial charge in [0.05, 0.1) is 18.1 Å². The third kappa shape index (κ3) is 3.19. The molecule has 1 aromatic carbocycles. The molecule has 2 heterocycles. The molecule has 3 rings (SSSR count).